The monoisotopic (exact) mass is 353 g/mol. The van der Waals surface area contributed by atoms with Crippen molar-refractivity contribution in [3.8, 4) is 5.75 Å². The molecule has 0 spiro atoms. The number of carbonyl (C=O) groups excluding carboxylic acids is 2. The van der Waals surface area contributed by atoms with Crippen molar-refractivity contribution in [1.82, 2.24) is 5.32 Å². The molecule has 5 nitrogen and oxygen atoms in total. The molecular formula is C21H23NO4. The summed E-state index contributed by atoms with van der Waals surface area (Å²) in [5.41, 5.74) is 3.66. The SMILES string of the molecule is COc1ccc(C)cc1C(=O)OCC(=O)N[C@@H]1CCCc2ccccc21. The molecule has 1 atom stereocenters. The van der Waals surface area contributed by atoms with Crippen LogP contribution in [0.1, 0.15) is 45.9 Å². The highest BCUT2D eigenvalue weighted by atomic mass is 16.5. The zero-order valence-corrected chi connectivity index (χ0v) is 15.1. The Kier molecular flexibility index (Phi) is 5.56. The average Bonchev–Trinajstić information content (AvgIpc) is 2.66. The van der Waals surface area contributed by atoms with E-state index in [9.17, 15) is 9.59 Å². The Balaban J connectivity index is 1.60. The summed E-state index contributed by atoms with van der Waals surface area (Å²) in [5, 5.41) is 2.97. The molecule has 3 rings (SSSR count). The molecule has 2 aromatic rings. The number of benzene rings is 2. The number of rotatable bonds is 5. The molecule has 0 bridgehead atoms. The lowest BCUT2D eigenvalue weighted by Crippen LogP contribution is -2.34. The first-order chi connectivity index (χ1) is 12.6. The van der Waals surface area contributed by atoms with E-state index in [1.165, 1.54) is 12.7 Å². The summed E-state index contributed by atoms with van der Waals surface area (Å²) in [6.07, 6.45) is 2.95. The van der Waals surface area contributed by atoms with Crippen molar-refractivity contribution in [2.75, 3.05) is 13.7 Å². The smallest absolute Gasteiger partial charge is 0.342 e. The highest BCUT2D eigenvalue weighted by Crippen LogP contribution is 2.29. The fourth-order valence-corrected chi connectivity index (χ4v) is 3.33. The minimum absolute atomic E-state index is 0.0281. The van der Waals surface area contributed by atoms with Crippen LogP contribution in [0.3, 0.4) is 0 Å². The fourth-order valence-electron chi connectivity index (χ4n) is 3.33. The summed E-state index contributed by atoms with van der Waals surface area (Å²) in [4.78, 5) is 24.5. The molecule has 0 aromatic heterocycles. The van der Waals surface area contributed by atoms with Crippen LogP contribution in [0.15, 0.2) is 42.5 Å². The molecule has 1 aliphatic carbocycles. The standard InChI is InChI=1S/C21H23NO4/c1-14-10-11-19(25-2)17(12-14)21(24)26-13-20(23)22-18-9-5-7-15-6-3-4-8-16(15)18/h3-4,6,8,10-12,18H,5,7,9,13H2,1-2H3,(H,22,23)/t18-/m1/s1. The van der Waals surface area contributed by atoms with Gasteiger partial charge in [0.2, 0.25) is 0 Å². The first-order valence-corrected chi connectivity index (χ1v) is 8.77. The van der Waals surface area contributed by atoms with Gasteiger partial charge in [-0.15, -0.1) is 0 Å². The summed E-state index contributed by atoms with van der Waals surface area (Å²) >= 11 is 0. The lowest BCUT2D eigenvalue weighted by atomic mass is 9.88. The maximum atomic E-state index is 12.3. The summed E-state index contributed by atoms with van der Waals surface area (Å²) in [7, 11) is 1.49. The molecule has 26 heavy (non-hydrogen) atoms. The van der Waals surface area contributed by atoms with Crippen LogP contribution in [-0.4, -0.2) is 25.6 Å². The second-order valence-corrected chi connectivity index (χ2v) is 6.49. The van der Waals surface area contributed by atoms with Crippen LogP contribution in [0.4, 0.5) is 0 Å². The van der Waals surface area contributed by atoms with Crippen molar-refractivity contribution < 1.29 is 19.1 Å². The summed E-state index contributed by atoms with van der Waals surface area (Å²) in [6, 6.07) is 13.4. The number of amides is 1. The number of nitrogens with one attached hydrogen (secondary N) is 1. The molecule has 1 N–H and O–H groups in total. The first-order valence-electron chi connectivity index (χ1n) is 8.77. The van der Waals surface area contributed by atoms with Crippen molar-refractivity contribution in [3.63, 3.8) is 0 Å². The van der Waals surface area contributed by atoms with Gasteiger partial charge in [-0.25, -0.2) is 4.79 Å². The molecule has 0 heterocycles. The first kappa shape index (κ1) is 18.0. The fraction of sp³-hybridized carbons (Fsp3) is 0.333. The molecule has 1 amide bonds. The normalized spacial score (nSPS) is 15.7. The van der Waals surface area contributed by atoms with Crippen molar-refractivity contribution >= 4 is 11.9 Å². The Morgan fingerprint density at radius 3 is 2.81 bits per heavy atom. The predicted octanol–water partition coefficient (Wildman–Crippen LogP) is 3.35. The van der Waals surface area contributed by atoms with Crippen LogP contribution in [0.2, 0.25) is 0 Å². The number of hydrogen-bond donors (Lipinski definition) is 1. The maximum absolute atomic E-state index is 12.3. The average molecular weight is 353 g/mol. The van der Waals surface area contributed by atoms with Crippen LogP contribution in [0.5, 0.6) is 5.75 Å². The minimum Gasteiger partial charge on any atom is -0.496 e. The molecule has 1 aliphatic rings. The van der Waals surface area contributed by atoms with Crippen LogP contribution in [0.25, 0.3) is 0 Å². The van der Waals surface area contributed by atoms with Gasteiger partial charge < -0.3 is 14.8 Å². The number of carbonyl (C=O) groups is 2. The van der Waals surface area contributed by atoms with Gasteiger partial charge >= 0.3 is 5.97 Å². The van der Waals surface area contributed by atoms with E-state index < -0.39 is 5.97 Å². The van der Waals surface area contributed by atoms with Crippen LogP contribution in [0, 0.1) is 6.92 Å². The van der Waals surface area contributed by atoms with Gasteiger partial charge in [-0.2, -0.15) is 0 Å². The molecule has 0 unspecified atom stereocenters. The van der Waals surface area contributed by atoms with Gasteiger partial charge in [0.15, 0.2) is 6.61 Å². The highest BCUT2D eigenvalue weighted by molar-refractivity contribution is 5.94. The van der Waals surface area contributed by atoms with E-state index >= 15 is 0 Å². The Labute approximate surface area is 153 Å². The second-order valence-electron chi connectivity index (χ2n) is 6.49. The molecule has 0 radical (unpaired) electrons. The molecule has 2 aromatic carbocycles. The topological polar surface area (TPSA) is 64.6 Å². The van der Waals surface area contributed by atoms with Gasteiger partial charge in [0.1, 0.15) is 11.3 Å². The van der Waals surface area contributed by atoms with E-state index in [0.29, 0.717) is 11.3 Å². The van der Waals surface area contributed by atoms with Crippen LogP contribution >= 0.6 is 0 Å². The summed E-state index contributed by atoms with van der Waals surface area (Å²) in [5.74, 6) is -0.432. The predicted molar refractivity (Wildman–Crippen MR) is 98.3 cm³/mol. The van der Waals surface area contributed by atoms with E-state index in [1.807, 2.05) is 31.2 Å². The molecule has 136 valence electrons. The third-order valence-electron chi connectivity index (χ3n) is 4.61. The van der Waals surface area contributed by atoms with Gasteiger partial charge in [0, 0.05) is 0 Å². The Hall–Kier alpha value is -2.82. The minimum atomic E-state index is -0.565. The van der Waals surface area contributed by atoms with Gasteiger partial charge in [0.25, 0.3) is 5.91 Å². The van der Waals surface area contributed by atoms with E-state index in [0.717, 1.165) is 30.4 Å². The molecule has 5 heteroatoms. The quantitative estimate of drug-likeness (QED) is 0.837. The third kappa shape index (κ3) is 4.04. The van der Waals surface area contributed by atoms with E-state index in [4.69, 9.17) is 9.47 Å². The number of esters is 1. The number of methoxy groups -OCH3 is 1. The summed E-state index contributed by atoms with van der Waals surface area (Å²) < 4.78 is 10.4. The molecule has 0 aliphatic heterocycles. The largest absolute Gasteiger partial charge is 0.496 e. The van der Waals surface area contributed by atoms with Gasteiger partial charge in [-0.05, 0) is 49.4 Å². The number of hydrogen-bond acceptors (Lipinski definition) is 4. The van der Waals surface area contributed by atoms with E-state index in [2.05, 4.69) is 11.4 Å². The molecule has 0 saturated carbocycles. The zero-order chi connectivity index (χ0) is 18.5. The lowest BCUT2D eigenvalue weighted by Gasteiger charge is -2.26. The van der Waals surface area contributed by atoms with Crippen molar-refractivity contribution in [1.29, 1.82) is 0 Å². The number of ether oxygens (including phenoxy) is 2. The van der Waals surface area contributed by atoms with Crippen molar-refractivity contribution in [3.05, 3.63) is 64.7 Å². The van der Waals surface area contributed by atoms with Gasteiger partial charge in [-0.3, -0.25) is 4.79 Å². The van der Waals surface area contributed by atoms with Gasteiger partial charge in [0.05, 0.1) is 13.2 Å². The Morgan fingerprint density at radius 1 is 1.19 bits per heavy atom. The number of aryl methyl sites for hydroxylation is 2. The highest BCUT2D eigenvalue weighted by Gasteiger charge is 2.22. The molecule has 0 saturated heterocycles. The maximum Gasteiger partial charge on any atom is 0.342 e. The lowest BCUT2D eigenvalue weighted by molar-refractivity contribution is -0.125. The zero-order valence-electron chi connectivity index (χ0n) is 15.1. The van der Waals surface area contributed by atoms with E-state index in [1.54, 1.807) is 12.1 Å². The van der Waals surface area contributed by atoms with Crippen molar-refractivity contribution in [2.45, 2.75) is 32.2 Å². The van der Waals surface area contributed by atoms with Gasteiger partial charge in [-0.1, -0.05) is 35.9 Å². The molecule has 0 fully saturated rings. The Morgan fingerprint density at radius 2 is 2.00 bits per heavy atom. The van der Waals surface area contributed by atoms with Crippen molar-refractivity contribution in [2.24, 2.45) is 0 Å². The molecular weight excluding hydrogens is 330 g/mol. The van der Waals surface area contributed by atoms with E-state index in [-0.39, 0.29) is 18.6 Å². The number of fused-ring (bicyclic) bond motifs is 1. The summed E-state index contributed by atoms with van der Waals surface area (Å²) in [6.45, 7) is 1.57. The van der Waals surface area contributed by atoms with Crippen LogP contribution < -0.4 is 10.1 Å². The van der Waals surface area contributed by atoms with Crippen LogP contribution in [-0.2, 0) is 16.0 Å². The Bertz CT molecular complexity index is 815. The second kappa shape index (κ2) is 8.04. The third-order valence-corrected chi connectivity index (χ3v) is 4.61.